The minimum atomic E-state index is -1.44. The first kappa shape index (κ1) is 17.0. The van der Waals surface area contributed by atoms with Gasteiger partial charge in [-0.15, -0.1) is 0 Å². The molecule has 2 aromatic rings. The van der Waals surface area contributed by atoms with Crippen LogP contribution in [0.3, 0.4) is 0 Å². The van der Waals surface area contributed by atoms with Gasteiger partial charge in [-0.2, -0.15) is 0 Å². The first-order valence-corrected chi connectivity index (χ1v) is 7.39. The first-order chi connectivity index (χ1) is 11.0. The summed E-state index contributed by atoms with van der Waals surface area (Å²) in [6.45, 7) is 3.79. The molecule has 1 N–H and O–H groups in total. The van der Waals surface area contributed by atoms with Crippen molar-refractivity contribution in [2.45, 2.75) is 32.4 Å². The lowest BCUT2D eigenvalue weighted by Gasteiger charge is -2.16. The summed E-state index contributed by atoms with van der Waals surface area (Å²) >= 11 is 0. The fourth-order valence-electron chi connectivity index (χ4n) is 2.79. The van der Waals surface area contributed by atoms with Gasteiger partial charge in [0.1, 0.15) is 0 Å². The van der Waals surface area contributed by atoms with E-state index in [0.29, 0.717) is 12.2 Å². The molecule has 0 fully saturated rings. The SMILES string of the molecule is CCOC(=O)C(C(C)c1c[nH]c2cccc(COC)c12)[N+](=O)[O-]. The molecule has 1 aromatic heterocycles. The number of rotatable bonds is 7. The average molecular weight is 320 g/mol. The van der Waals surface area contributed by atoms with E-state index in [4.69, 9.17) is 9.47 Å². The summed E-state index contributed by atoms with van der Waals surface area (Å²) in [5.74, 6) is -1.45. The standard InChI is InChI=1S/C16H20N2O5/c1-4-23-16(19)15(18(20)21)10(2)12-8-17-13-7-5-6-11(9-22-3)14(12)13/h5-8,10,15,17H,4,9H2,1-3H3. The van der Waals surface area contributed by atoms with Crippen LogP contribution >= 0.6 is 0 Å². The molecule has 0 saturated carbocycles. The van der Waals surface area contributed by atoms with Crippen molar-refractivity contribution in [3.63, 3.8) is 0 Å². The molecule has 0 amide bonds. The van der Waals surface area contributed by atoms with Gasteiger partial charge < -0.3 is 14.5 Å². The van der Waals surface area contributed by atoms with E-state index in [1.165, 1.54) is 0 Å². The maximum atomic E-state index is 12.0. The average Bonchev–Trinajstić information content (AvgIpc) is 2.92. The van der Waals surface area contributed by atoms with Crippen molar-refractivity contribution in [1.82, 2.24) is 4.98 Å². The summed E-state index contributed by atoms with van der Waals surface area (Å²) < 4.78 is 10.1. The Morgan fingerprint density at radius 3 is 2.78 bits per heavy atom. The Morgan fingerprint density at radius 1 is 1.43 bits per heavy atom. The smallest absolute Gasteiger partial charge is 0.382 e. The lowest BCUT2D eigenvalue weighted by Crippen LogP contribution is -2.36. The maximum absolute atomic E-state index is 12.0. The fraction of sp³-hybridized carbons (Fsp3) is 0.438. The van der Waals surface area contributed by atoms with Gasteiger partial charge in [0, 0.05) is 29.1 Å². The monoisotopic (exact) mass is 320 g/mol. The molecule has 0 radical (unpaired) electrons. The lowest BCUT2D eigenvalue weighted by atomic mass is 9.91. The maximum Gasteiger partial charge on any atom is 0.382 e. The second kappa shape index (κ2) is 7.23. The molecule has 0 aliphatic rings. The number of hydrogen-bond donors (Lipinski definition) is 1. The lowest BCUT2D eigenvalue weighted by molar-refractivity contribution is -0.514. The van der Waals surface area contributed by atoms with E-state index in [0.717, 1.165) is 16.5 Å². The van der Waals surface area contributed by atoms with E-state index < -0.39 is 22.9 Å². The number of ether oxygens (including phenoxy) is 2. The molecule has 0 saturated heterocycles. The van der Waals surface area contributed by atoms with E-state index >= 15 is 0 Å². The van der Waals surface area contributed by atoms with Crippen molar-refractivity contribution in [3.05, 3.63) is 45.6 Å². The van der Waals surface area contributed by atoms with Gasteiger partial charge in [-0.25, -0.2) is 4.79 Å². The fourth-order valence-corrected chi connectivity index (χ4v) is 2.79. The van der Waals surface area contributed by atoms with Crippen molar-refractivity contribution in [1.29, 1.82) is 0 Å². The number of benzene rings is 1. The van der Waals surface area contributed by atoms with Gasteiger partial charge in [-0.05, 0) is 24.1 Å². The van der Waals surface area contributed by atoms with E-state index in [-0.39, 0.29) is 6.61 Å². The van der Waals surface area contributed by atoms with Crippen LogP contribution in [0, 0.1) is 10.1 Å². The number of nitrogens with zero attached hydrogens (tertiary/aromatic N) is 1. The molecule has 0 bridgehead atoms. The number of hydrogen-bond acceptors (Lipinski definition) is 5. The zero-order valence-corrected chi connectivity index (χ0v) is 13.4. The Labute approximate surface area is 133 Å². The molecule has 2 rings (SSSR count). The summed E-state index contributed by atoms with van der Waals surface area (Å²) in [5.41, 5.74) is 2.48. The van der Waals surface area contributed by atoms with Gasteiger partial charge in [0.05, 0.1) is 19.1 Å². The van der Waals surface area contributed by atoms with Gasteiger partial charge >= 0.3 is 12.0 Å². The summed E-state index contributed by atoms with van der Waals surface area (Å²) in [7, 11) is 1.59. The van der Waals surface area contributed by atoms with Gasteiger partial charge in [0.2, 0.25) is 0 Å². The number of carbonyl (C=O) groups excluding carboxylic acids is 1. The van der Waals surface area contributed by atoms with Crippen molar-refractivity contribution < 1.29 is 19.2 Å². The summed E-state index contributed by atoms with van der Waals surface area (Å²) in [6.07, 6.45) is 1.71. The molecule has 2 unspecified atom stereocenters. The third-order valence-electron chi connectivity index (χ3n) is 3.84. The van der Waals surface area contributed by atoms with Crippen LogP contribution < -0.4 is 0 Å². The van der Waals surface area contributed by atoms with E-state index in [9.17, 15) is 14.9 Å². The van der Waals surface area contributed by atoms with Crippen molar-refractivity contribution in [2.24, 2.45) is 0 Å². The highest BCUT2D eigenvalue weighted by molar-refractivity contribution is 5.88. The predicted octanol–water partition coefficient (Wildman–Crippen LogP) is 2.63. The molecule has 7 heteroatoms. The van der Waals surface area contributed by atoms with Crippen molar-refractivity contribution >= 4 is 16.9 Å². The highest BCUT2D eigenvalue weighted by atomic mass is 16.6. The topological polar surface area (TPSA) is 94.5 Å². The van der Waals surface area contributed by atoms with Crippen molar-refractivity contribution in [2.75, 3.05) is 13.7 Å². The zero-order chi connectivity index (χ0) is 17.0. The van der Waals surface area contributed by atoms with E-state index in [2.05, 4.69) is 4.98 Å². The number of fused-ring (bicyclic) bond motifs is 1. The molecule has 1 heterocycles. The second-order valence-corrected chi connectivity index (χ2v) is 5.29. The third-order valence-corrected chi connectivity index (χ3v) is 3.84. The molecule has 7 nitrogen and oxygen atoms in total. The van der Waals surface area contributed by atoms with Gasteiger partial charge in [-0.3, -0.25) is 10.1 Å². The molecule has 124 valence electrons. The zero-order valence-electron chi connectivity index (χ0n) is 13.4. The van der Waals surface area contributed by atoms with Crippen LogP contribution in [0.5, 0.6) is 0 Å². The molecule has 23 heavy (non-hydrogen) atoms. The highest BCUT2D eigenvalue weighted by Crippen LogP contribution is 2.32. The number of H-pyrrole nitrogens is 1. The molecular formula is C16H20N2O5. The number of esters is 1. The summed E-state index contributed by atoms with van der Waals surface area (Å²) in [6, 6.07) is 4.24. The highest BCUT2D eigenvalue weighted by Gasteiger charge is 2.39. The van der Waals surface area contributed by atoms with Gasteiger partial charge in [0.25, 0.3) is 0 Å². The van der Waals surface area contributed by atoms with Crippen LogP contribution in [0.25, 0.3) is 10.9 Å². The van der Waals surface area contributed by atoms with Crippen molar-refractivity contribution in [3.8, 4) is 0 Å². The van der Waals surface area contributed by atoms with Crippen LogP contribution in [0.15, 0.2) is 24.4 Å². The largest absolute Gasteiger partial charge is 0.461 e. The van der Waals surface area contributed by atoms with Gasteiger partial charge in [-0.1, -0.05) is 19.1 Å². The van der Waals surface area contributed by atoms with Gasteiger partial charge in [0.15, 0.2) is 0 Å². The molecule has 0 aliphatic heterocycles. The minimum absolute atomic E-state index is 0.110. The number of methoxy groups -OCH3 is 1. The quantitative estimate of drug-likeness (QED) is 0.481. The normalized spacial score (nSPS) is 13.7. The second-order valence-electron chi connectivity index (χ2n) is 5.29. The summed E-state index contributed by atoms with van der Waals surface area (Å²) in [4.78, 5) is 25.9. The minimum Gasteiger partial charge on any atom is -0.461 e. The number of aromatic amines is 1. The molecule has 2 atom stereocenters. The Kier molecular flexibility index (Phi) is 5.33. The van der Waals surface area contributed by atoms with E-state index in [1.54, 1.807) is 27.2 Å². The predicted molar refractivity (Wildman–Crippen MR) is 84.8 cm³/mol. The molecule has 1 aromatic carbocycles. The molecule has 0 aliphatic carbocycles. The number of aromatic nitrogens is 1. The van der Waals surface area contributed by atoms with Crippen LogP contribution in [0.2, 0.25) is 0 Å². The third kappa shape index (κ3) is 3.34. The first-order valence-electron chi connectivity index (χ1n) is 7.39. The molecule has 0 spiro atoms. The number of nitro groups is 1. The van der Waals surface area contributed by atoms with E-state index in [1.807, 2.05) is 18.2 Å². The number of nitrogens with one attached hydrogen (secondary N) is 1. The Morgan fingerprint density at radius 2 is 2.17 bits per heavy atom. The van der Waals surface area contributed by atoms with Crippen LogP contribution in [0.4, 0.5) is 0 Å². The summed E-state index contributed by atoms with van der Waals surface area (Å²) in [5, 5.41) is 12.2. The Bertz CT molecular complexity index is 710. The van der Waals surface area contributed by atoms with Crippen LogP contribution in [-0.2, 0) is 20.9 Å². The number of carbonyl (C=O) groups is 1. The molecular weight excluding hydrogens is 300 g/mol. The Balaban J connectivity index is 2.49. The van der Waals surface area contributed by atoms with Crippen LogP contribution in [0.1, 0.15) is 30.9 Å². The van der Waals surface area contributed by atoms with Crippen LogP contribution in [-0.4, -0.2) is 35.6 Å². The Hall–Kier alpha value is -2.41.